The van der Waals surface area contributed by atoms with Crippen molar-refractivity contribution in [3.63, 3.8) is 0 Å². The number of sulfonamides is 1. The van der Waals surface area contributed by atoms with Gasteiger partial charge in [-0.05, 0) is 18.6 Å². The number of halogens is 2. The quantitative estimate of drug-likeness (QED) is 0.405. The van der Waals surface area contributed by atoms with Crippen molar-refractivity contribution in [2.75, 3.05) is 13.0 Å². The monoisotopic (exact) mass is 448 g/mol. The highest BCUT2D eigenvalue weighted by Crippen LogP contribution is 2.31. The summed E-state index contributed by atoms with van der Waals surface area (Å²) in [5.41, 5.74) is -1.54. The molecule has 2 N–H and O–H groups in total. The highest BCUT2D eigenvalue weighted by atomic mass is 35.5. The van der Waals surface area contributed by atoms with Crippen LogP contribution in [0.2, 0.25) is 0 Å². The van der Waals surface area contributed by atoms with Crippen LogP contribution in [0.5, 0.6) is 0 Å². The van der Waals surface area contributed by atoms with Crippen LogP contribution in [0.4, 0.5) is 4.79 Å². The third kappa shape index (κ3) is 5.00. The average molecular weight is 449 g/mol. The summed E-state index contributed by atoms with van der Waals surface area (Å²) in [5, 5.41) is 2.21. The summed E-state index contributed by atoms with van der Waals surface area (Å²) in [6.45, 7) is 1.81. The summed E-state index contributed by atoms with van der Waals surface area (Å²) in [6, 6.07) is 4.20. The van der Waals surface area contributed by atoms with Gasteiger partial charge in [-0.25, -0.2) is 32.7 Å². The zero-order valence-corrected chi connectivity index (χ0v) is 17.3. The zero-order chi connectivity index (χ0) is 20.9. The van der Waals surface area contributed by atoms with Gasteiger partial charge in [0.05, 0.1) is 12.7 Å². The third-order valence-corrected chi connectivity index (χ3v) is 6.10. The van der Waals surface area contributed by atoms with Crippen LogP contribution in [0, 0.1) is 5.41 Å². The Labute approximate surface area is 172 Å². The molecular weight excluding hydrogens is 431 g/mol. The number of nitrogens with one attached hydrogen (secondary N) is 2. The van der Waals surface area contributed by atoms with Gasteiger partial charge >= 0.3 is 12.0 Å². The number of rotatable bonds is 5. The molecule has 0 saturated heterocycles. The number of hydrogen-bond acceptors (Lipinski definition) is 7. The van der Waals surface area contributed by atoms with Gasteiger partial charge in [-0.1, -0.05) is 30.7 Å². The molecule has 2 amide bonds. The normalized spacial score (nSPS) is 21.6. The fourth-order valence-corrected chi connectivity index (χ4v) is 4.06. The largest absolute Gasteiger partial charge is 0.465 e. The lowest BCUT2D eigenvalue weighted by Gasteiger charge is -2.29. The van der Waals surface area contributed by atoms with Crippen LogP contribution < -0.4 is 10.0 Å². The average Bonchev–Trinajstić information content (AvgIpc) is 2.64. The van der Waals surface area contributed by atoms with Crippen molar-refractivity contribution in [3.8, 4) is 0 Å². The standard InChI is InChI=1S/C16H18Cl2N4O5S/c1-16(7-8-17)9-19-14(20-13(16)18)21-15(24)22-28(25,26)11-6-4-3-5-10(11)12(23)27-2/h3-6,9,13H,7-8H2,1-2H3,(H2,20,21,22,24). The first kappa shape index (κ1) is 22.1. The number of benzene rings is 1. The lowest BCUT2D eigenvalue weighted by molar-refractivity contribution is 0.0596. The van der Waals surface area contributed by atoms with E-state index in [0.717, 1.165) is 7.11 Å². The molecular formula is C16H18Cl2N4O5S. The SMILES string of the molecule is COC(=O)c1ccccc1S(=O)(=O)NC(=O)NC1=NC(Cl)C(C)(CCCl)C=N1. The number of urea groups is 1. The smallest absolute Gasteiger partial charge is 0.339 e. The van der Waals surface area contributed by atoms with E-state index in [0.29, 0.717) is 12.3 Å². The Morgan fingerprint density at radius 2 is 2.00 bits per heavy atom. The first-order chi connectivity index (χ1) is 13.1. The minimum atomic E-state index is -4.36. The molecule has 1 heterocycles. The Balaban J connectivity index is 2.14. The maximum absolute atomic E-state index is 12.5. The van der Waals surface area contributed by atoms with Gasteiger partial charge in [0.1, 0.15) is 10.4 Å². The fourth-order valence-electron chi connectivity index (χ4n) is 2.29. The number of carbonyl (C=O) groups is 2. The highest BCUT2D eigenvalue weighted by Gasteiger charge is 2.34. The van der Waals surface area contributed by atoms with Gasteiger partial charge in [0, 0.05) is 17.5 Å². The number of alkyl halides is 2. The zero-order valence-electron chi connectivity index (χ0n) is 15.0. The Morgan fingerprint density at radius 1 is 1.32 bits per heavy atom. The topological polar surface area (TPSA) is 126 Å². The van der Waals surface area contributed by atoms with Gasteiger partial charge in [0.2, 0.25) is 5.96 Å². The molecule has 0 bridgehead atoms. The molecule has 1 aromatic carbocycles. The summed E-state index contributed by atoms with van der Waals surface area (Å²) >= 11 is 11.9. The predicted molar refractivity (Wildman–Crippen MR) is 106 cm³/mol. The Bertz CT molecular complexity index is 935. The molecule has 0 saturated carbocycles. The Hall–Kier alpha value is -2.17. The van der Waals surface area contributed by atoms with Crippen molar-refractivity contribution in [3.05, 3.63) is 29.8 Å². The summed E-state index contributed by atoms with van der Waals surface area (Å²) in [4.78, 5) is 31.5. The number of hydrogen-bond donors (Lipinski definition) is 2. The van der Waals surface area contributed by atoms with E-state index >= 15 is 0 Å². The molecule has 2 rings (SSSR count). The van der Waals surface area contributed by atoms with E-state index in [1.54, 1.807) is 4.72 Å². The van der Waals surface area contributed by atoms with Gasteiger partial charge in [-0.15, -0.1) is 11.6 Å². The van der Waals surface area contributed by atoms with E-state index in [1.165, 1.54) is 30.5 Å². The third-order valence-electron chi connectivity index (χ3n) is 3.93. The molecule has 1 aromatic rings. The molecule has 0 radical (unpaired) electrons. The lowest BCUT2D eigenvalue weighted by atomic mass is 9.88. The van der Waals surface area contributed by atoms with E-state index in [2.05, 4.69) is 20.0 Å². The molecule has 1 aliphatic heterocycles. The van der Waals surface area contributed by atoms with Crippen LogP contribution in [-0.2, 0) is 14.8 Å². The number of ether oxygens (including phenoxy) is 1. The van der Waals surface area contributed by atoms with Crippen LogP contribution in [0.1, 0.15) is 23.7 Å². The Morgan fingerprint density at radius 3 is 2.61 bits per heavy atom. The van der Waals surface area contributed by atoms with E-state index in [1.807, 2.05) is 6.92 Å². The summed E-state index contributed by atoms with van der Waals surface area (Å²) in [5.74, 6) is -0.658. The molecule has 0 aliphatic carbocycles. The maximum atomic E-state index is 12.5. The van der Waals surface area contributed by atoms with Crippen LogP contribution in [0.25, 0.3) is 0 Å². The van der Waals surface area contributed by atoms with E-state index < -0.39 is 37.8 Å². The molecule has 0 spiro atoms. The first-order valence-electron chi connectivity index (χ1n) is 7.97. The van der Waals surface area contributed by atoms with Gasteiger partial charge < -0.3 is 4.74 Å². The molecule has 152 valence electrons. The maximum Gasteiger partial charge on any atom is 0.339 e. The summed E-state index contributed by atoms with van der Waals surface area (Å²) < 4.78 is 31.3. The number of guanidine groups is 1. The molecule has 28 heavy (non-hydrogen) atoms. The van der Waals surface area contributed by atoms with E-state index in [9.17, 15) is 18.0 Å². The molecule has 12 heteroatoms. The van der Waals surface area contributed by atoms with Crippen LogP contribution in [0.15, 0.2) is 39.1 Å². The first-order valence-corrected chi connectivity index (χ1v) is 10.4. The number of nitrogens with zero attached hydrogens (tertiary/aromatic N) is 2. The molecule has 2 atom stereocenters. The second-order valence-electron chi connectivity index (χ2n) is 6.04. The van der Waals surface area contributed by atoms with Gasteiger partial charge in [-0.3, -0.25) is 5.32 Å². The minimum Gasteiger partial charge on any atom is -0.465 e. The van der Waals surface area contributed by atoms with Gasteiger partial charge in [0.15, 0.2) is 0 Å². The van der Waals surface area contributed by atoms with Crippen LogP contribution >= 0.6 is 23.2 Å². The summed E-state index contributed by atoms with van der Waals surface area (Å²) in [7, 11) is -3.24. The van der Waals surface area contributed by atoms with Crippen molar-refractivity contribution in [1.29, 1.82) is 0 Å². The van der Waals surface area contributed by atoms with Gasteiger partial charge in [0.25, 0.3) is 10.0 Å². The second kappa shape index (κ2) is 8.89. The number of amides is 2. The molecule has 0 fully saturated rings. The van der Waals surface area contributed by atoms with E-state index in [4.69, 9.17) is 23.2 Å². The number of carbonyl (C=O) groups excluding carboxylic acids is 2. The van der Waals surface area contributed by atoms with Crippen molar-refractivity contribution in [2.45, 2.75) is 23.7 Å². The second-order valence-corrected chi connectivity index (χ2v) is 8.48. The minimum absolute atomic E-state index is 0.152. The fraction of sp³-hybridized carbons (Fsp3) is 0.375. The van der Waals surface area contributed by atoms with Crippen molar-refractivity contribution in [2.24, 2.45) is 15.4 Å². The highest BCUT2D eigenvalue weighted by molar-refractivity contribution is 7.90. The van der Waals surface area contributed by atoms with Crippen LogP contribution in [-0.4, -0.2) is 51.1 Å². The Kier molecular flexibility index (Phi) is 7.02. The van der Waals surface area contributed by atoms with Crippen molar-refractivity contribution < 1.29 is 22.7 Å². The molecule has 0 aromatic heterocycles. The van der Waals surface area contributed by atoms with Crippen molar-refractivity contribution >= 4 is 57.4 Å². The number of methoxy groups -OCH3 is 1. The molecule has 9 nitrogen and oxygen atoms in total. The summed E-state index contributed by atoms with van der Waals surface area (Å²) in [6.07, 6.45) is 2.03. The number of aliphatic imine (C=N–C) groups is 2. The number of esters is 1. The van der Waals surface area contributed by atoms with Gasteiger partial charge in [-0.2, -0.15) is 0 Å². The van der Waals surface area contributed by atoms with E-state index in [-0.39, 0.29) is 11.5 Å². The molecule has 2 unspecified atom stereocenters. The predicted octanol–water partition coefficient (Wildman–Crippen LogP) is 2.10. The van der Waals surface area contributed by atoms with Crippen molar-refractivity contribution in [1.82, 2.24) is 10.0 Å². The lowest BCUT2D eigenvalue weighted by Crippen LogP contribution is -2.44. The van der Waals surface area contributed by atoms with Crippen LogP contribution in [0.3, 0.4) is 0 Å². The molecule has 1 aliphatic rings.